The molecular weight excluding hydrogens is 218 g/mol. The third-order valence-corrected chi connectivity index (χ3v) is 3.12. The van der Waals surface area contributed by atoms with Gasteiger partial charge in [-0.2, -0.15) is 0 Å². The van der Waals surface area contributed by atoms with Crippen molar-refractivity contribution in [1.29, 1.82) is 0 Å². The Morgan fingerprint density at radius 1 is 1.44 bits per heavy atom. The van der Waals surface area contributed by atoms with Crippen molar-refractivity contribution in [3.8, 4) is 0 Å². The summed E-state index contributed by atoms with van der Waals surface area (Å²) in [6.07, 6.45) is 0. The molecule has 90 valence electrons. The van der Waals surface area contributed by atoms with E-state index >= 15 is 0 Å². The smallest absolute Gasteiger partial charge is 0.191 e. The highest BCUT2D eigenvalue weighted by Gasteiger charge is 2.11. The monoisotopic (exact) mass is 239 g/mol. The predicted molar refractivity (Wildman–Crippen MR) is 72.1 cm³/mol. The van der Waals surface area contributed by atoms with Gasteiger partial charge in [0.2, 0.25) is 0 Å². The Labute approximate surface area is 102 Å². The molecule has 4 heteroatoms. The van der Waals surface area contributed by atoms with E-state index in [-0.39, 0.29) is 5.54 Å². The predicted octanol–water partition coefficient (Wildman–Crippen LogP) is 2.52. The number of nitrogens with zero attached hydrogens (tertiary/aromatic N) is 1. The van der Waals surface area contributed by atoms with E-state index in [9.17, 15) is 0 Å². The first kappa shape index (κ1) is 13.0. The van der Waals surface area contributed by atoms with Crippen LogP contribution in [0, 0.1) is 6.92 Å². The number of rotatable bonds is 2. The fourth-order valence-electron chi connectivity index (χ4n) is 1.28. The lowest BCUT2D eigenvalue weighted by Crippen LogP contribution is -2.47. The molecule has 3 nitrogen and oxygen atoms in total. The molecule has 1 aromatic rings. The molecule has 0 saturated heterocycles. The van der Waals surface area contributed by atoms with Crippen molar-refractivity contribution in [2.45, 2.75) is 39.8 Å². The first-order chi connectivity index (χ1) is 7.42. The molecular formula is C12H21N3S. The zero-order valence-electron chi connectivity index (χ0n) is 10.7. The van der Waals surface area contributed by atoms with Gasteiger partial charge in [0.05, 0.1) is 6.54 Å². The number of hydrogen-bond donors (Lipinski definition) is 2. The minimum absolute atomic E-state index is 0.0341. The molecule has 0 fully saturated rings. The summed E-state index contributed by atoms with van der Waals surface area (Å²) < 4.78 is 0. The van der Waals surface area contributed by atoms with Crippen molar-refractivity contribution in [3.05, 3.63) is 21.9 Å². The molecule has 1 heterocycles. The summed E-state index contributed by atoms with van der Waals surface area (Å²) in [6.45, 7) is 9.33. The van der Waals surface area contributed by atoms with Crippen LogP contribution in [0.5, 0.6) is 0 Å². The largest absolute Gasteiger partial charge is 0.352 e. The number of aliphatic imine (C=N–C) groups is 1. The normalized spacial score (nSPS) is 12.7. The number of nitrogens with one attached hydrogen (secondary N) is 2. The van der Waals surface area contributed by atoms with Crippen molar-refractivity contribution in [2.75, 3.05) is 7.05 Å². The van der Waals surface area contributed by atoms with Crippen LogP contribution in [0.25, 0.3) is 0 Å². The first-order valence-corrected chi connectivity index (χ1v) is 6.32. The molecule has 0 aliphatic carbocycles. The average molecular weight is 239 g/mol. The van der Waals surface area contributed by atoms with Crippen LogP contribution in [-0.2, 0) is 6.54 Å². The van der Waals surface area contributed by atoms with Crippen LogP contribution in [0.15, 0.2) is 16.4 Å². The molecule has 0 bridgehead atoms. The summed E-state index contributed by atoms with van der Waals surface area (Å²) in [4.78, 5) is 5.56. The molecule has 0 aliphatic rings. The van der Waals surface area contributed by atoms with Crippen molar-refractivity contribution < 1.29 is 0 Å². The summed E-state index contributed by atoms with van der Waals surface area (Å²) in [5, 5.41) is 8.77. The van der Waals surface area contributed by atoms with Crippen LogP contribution in [0.3, 0.4) is 0 Å². The number of guanidine groups is 1. The average Bonchev–Trinajstić information content (AvgIpc) is 2.57. The summed E-state index contributed by atoms with van der Waals surface area (Å²) in [5.41, 5.74) is 1.37. The maximum Gasteiger partial charge on any atom is 0.191 e. The van der Waals surface area contributed by atoms with E-state index in [1.807, 2.05) is 0 Å². The lowest BCUT2D eigenvalue weighted by Gasteiger charge is -2.23. The van der Waals surface area contributed by atoms with Crippen LogP contribution in [-0.4, -0.2) is 18.5 Å². The molecule has 1 rings (SSSR count). The van der Waals surface area contributed by atoms with Gasteiger partial charge in [-0.1, -0.05) is 0 Å². The SMILES string of the molecule is CN=C(NCc1sccc1C)NC(C)(C)C. The van der Waals surface area contributed by atoms with Gasteiger partial charge in [-0.15, -0.1) is 11.3 Å². The Morgan fingerprint density at radius 3 is 2.56 bits per heavy atom. The Balaban J connectivity index is 2.51. The van der Waals surface area contributed by atoms with Crippen LogP contribution in [0.2, 0.25) is 0 Å². The van der Waals surface area contributed by atoms with E-state index in [4.69, 9.17) is 0 Å². The van der Waals surface area contributed by atoms with Crippen LogP contribution >= 0.6 is 11.3 Å². The lowest BCUT2D eigenvalue weighted by atomic mass is 10.1. The molecule has 0 spiro atoms. The summed E-state index contributed by atoms with van der Waals surface area (Å²) in [6, 6.07) is 2.14. The van der Waals surface area contributed by atoms with Crippen LogP contribution < -0.4 is 10.6 Å². The fraction of sp³-hybridized carbons (Fsp3) is 0.583. The first-order valence-electron chi connectivity index (χ1n) is 5.44. The zero-order chi connectivity index (χ0) is 12.2. The third kappa shape index (κ3) is 4.23. The van der Waals surface area contributed by atoms with Gasteiger partial charge in [-0.25, -0.2) is 0 Å². The van der Waals surface area contributed by atoms with Gasteiger partial charge in [0.1, 0.15) is 0 Å². The minimum atomic E-state index is 0.0341. The minimum Gasteiger partial charge on any atom is -0.352 e. The van der Waals surface area contributed by atoms with E-state index in [1.165, 1.54) is 10.4 Å². The second-order valence-electron chi connectivity index (χ2n) is 4.83. The van der Waals surface area contributed by atoms with E-state index in [0.717, 1.165) is 12.5 Å². The molecule has 0 amide bonds. The van der Waals surface area contributed by atoms with Crippen molar-refractivity contribution in [1.82, 2.24) is 10.6 Å². The van der Waals surface area contributed by atoms with Gasteiger partial charge in [0, 0.05) is 17.5 Å². The lowest BCUT2D eigenvalue weighted by molar-refractivity contribution is 0.501. The Hall–Kier alpha value is -1.03. The third-order valence-electron chi connectivity index (χ3n) is 2.10. The maximum absolute atomic E-state index is 4.20. The van der Waals surface area contributed by atoms with Gasteiger partial charge in [-0.3, -0.25) is 4.99 Å². The molecule has 0 aromatic carbocycles. The zero-order valence-corrected chi connectivity index (χ0v) is 11.5. The molecule has 0 aliphatic heterocycles. The van der Waals surface area contributed by atoms with Crippen molar-refractivity contribution in [2.24, 2.45) is 4.99 Å². The molecule has 0 saturated carbocycles. The van der Waals surface area contributed by atoms with Crippen molar-refractivity contribution in [3.63, 3.8) is 0 Å². The molecule has 1 aromatic heterocycles. The van der Waals surface area contributed by atoms with Gasteiger partial charge in [0.15, 0.2) is 5.96 Å². The highest BCUT2D eigenvalue weighted by atomic mass is 32.1. The van der Waals surface area contributed by atoms with E-state index < -0.39 is 0 Å². The van der Waals surface area contributed by atoms with Gasteiger partial charge >= 0.3 is 0 Å². The Morgan fingerprint density at radius 2 is 2.12 bits per heavy atom. The second-order valence-corrected chi connectivity index (χ2v) is 5.83. The number of thiophene rings is 1. The number of hydrogen-bond acceptors (Lipinski definition) is 2. The standard InChI is InChI=1S/C12H21N3S/c1-9-6-7-16-10(9)8-14-11(13-5)15-12(2,3)4/h6-7H,8H2,1-5H3,(H2,13,14,15). The molecule has 0 unspecified atom stereocenters. The quantitative estimate of drug-likeness (QED) is 0.614. The van der Waals surface area contributed by atoms with E-state index in [0.29, 0.717) is 0 Å². The molecule has 0 radical (unpaired) electrons. The van der Waals surface area contributed by atoms with Crippen LogP contribution in [0.1, 0.15) is 31.2 Å². The fourth-order valence-corrected chi connectivity index (χ4v) is 2.13. The molecule has 0 atom stereocenters. The maximum atomic E-state index is 4.20. The summed E-state index contributed by atoms with van der Waals surface area (Å²) in [5.74, 6) is 0.847. The Bertz CT molecular complexity index is 361. The van der Waals surface area contributed by atoms with E-state index in [2.05, 4.69) is 54.8 Å². The summed E-state index contributed by atoms with van der Waals surface area (Å²) >= 11 is 1.77. The Kier molecular flexibility index (Phi) is 4.35. The topological polar surface area (TPSA) is 36.4 Å². The van der Waals surface area contributed by atoms with Gasteiger partial charge in [0.25, 0.3) is 0 Å². The van der Waals surface area contributed by atoms with Gasteiger partial charge in [-0.05, 0) is 44.7 Å². The second kappa shape index (κ2) is 5.34. The van der Waals surface area contributed by atoms with E-state index in [1.54, 1.807) is 18.4 Å². The highest BCUT2D eigenvalue weighted by molar-refractivity contribution is 7.10. The van der Waals surface area contributed by atoms with Gasteiger partial charge < -0.3 is 10.6 Å². The molecule has 2 N–H and O–H groups in total. The van der Waals surface area contributed by atoms with Crippen molar-refractivity contribution >= 4 is 17.3 Å². The molecule has 16 heavy (non-hydrogen) atoms. The number of aryl methyl sites for hydroxylation is 1. The summed E-state index contributed by atoms with van der Waals surface area (Å²) in [7, 11) is 1.79. The highest BCUT2D eigenvalue weighted by Crippen LogP contribution is 2.14. The van der Waals surface area contributed by atoms with Crippen LogP contribution in [0.4, 0.5) is 0 Å².